The molecule has 0 saturated carbocycles. The fourth-order valence-electron chi connectivity index (χ4n) is 1.28. The first kappa shape index (κ1) is 7.72. The van der Waals surface area contributed by atoms with Gasteiger partial charge in [0.25, 0.3) is 5.91 Å². The number of allylic oxidation sites excluding steroid dienone is 2. The van der Waals surface area contributed by atoms with E-state index in [1.54, 1.807) is 18.2 Å². The Bertz CT molecular complexity index is 379. The summed E-state index contributed by atoms with van der Waals surface area (Å²) in [7, 11) is 0. The number of carbonyl (C=O) groups is 2. The number of hydrogen-bond acceptors (Lipinski definition) is 3. The van der Waals surface area contributed by atoms with Crippen LogP contribution in [-0.4, -0.2) is 34.3 Å². The molecule has 0 aromatic rings. The number of rotatable bonds is 1. The highest BCUT2D eigenvalue weighted by Crippen LogP contribution is 2.18. The predicted molar refractivity (Wildman–Crippen MR) is 44.0 cm³/mol. The quantitative estimate of drug-likeness (QED) is 0.601. The first-order valence-corrected chi connectivity index (χ1v) is 3.71. The van der Waals surface area contributed by atoms with Gasteiger partial charge in [0.15, 0.2) is 0 Å². The Morgan fingerprint density at radius 2 is 2.38 bits per heavy atom. The third-order valence-electron chi connectivity index (χ3n) is 1.84. The van der Waals surface area contributed by atoms with E-state index in [0.717, 1.165) is 0 Å². The first-order valence-electron chi connectivity index (χ1n) is 3.71. The highest BCUT2D eigenvalue weighted by Gasteiger charge is 2.33. The number of hydrogen-bond donors (Lipinski definition) is 1. The fourth-order valence-corrected chi connectivity index (χ4v) is 1.28. The zero-order chi connectivity index (χ0) is 9.42. The van der Waals surface area contributed by atoms with Crippen LogP contribution >= 0.6 is 0 Å². The molecular weight excluding hydrogens is 172 g/mol. The predicted octanol–water partition coefficient (Wildman–Crippen LogP) is -0.235. The number of aliphatic imine (C=N–C) groups is 1. The van der Waals surface area contributed by atoms with E-state index in [4.69, 9.17) is 5.11 Å². The third-order valence-corrected chi connectivity index (χ3v) is 1.84. The molecule has 2 heterocycles. The van der Waals surface area contributed by atoms with E-state index in [1.807, 2.05) is 0 Å². The van der Waals surface area contributed by atoms with Gasteiger partial charge in [0.1, 0.15) is 5.70 Å². The summed E-state index contributed by atoms with van der Waals surface area (Å²) in [5.41, 5.74) is 0.333. The van der Waals surface area contributed by atoms with Gasteiger partial charge in [-0.3, -0.25) is 4.79 Å². The number of amides is 1. The molecule has 0 unspecified atom stereocenters. The van der Waals surface area contributed by atoms with Gasteiger partial charge in [-0.1, -0.05) is 12.2 Å². The summed E-state index contributed by atoms with van der Waals surface area (Å²) in [6.45, 7) is 0.392. The molecule has 5 heteroatoms. The molecule has 1 amide bonds. The smallest absolute Gasteiger partial charge is 0.372 e. The van der Waals surface area contributed by atoms with E-state index in [1.165, 1.54) is 4.90 Å². The van der Waals surface area contributed by atoms with Gasteiger partial charge in [-0.05, 0) is 6.08 Å². The number of carbonyl (C=O) groups excluding carboxylic acids is 1. The second kappa shape index (κ2) is 2.55. The van der Waals surface area contributed by atoms with Crippen LogP contribution in [0.1, 0.15) is 0 Å². The van der Waals surface area contributed by atoms with Crippen molar-refractivity contribution < 1.29 is 14.7 Å². The van der Waals surface area contributed by atoms with Crippen LogP contribution in [0, 0.1) is 0 Å². The minimum Gasteiger partial charge on any atom is -0.475 e. The molecule has 0 radical (unpaired) electrons. The highest BCUT2D eigenvalue weighted by molar-refractivity contribution is 6.40. The Morgan fingerprint density at radius 3 is 3.08 bits per heavy atom. The van der Waals surface area contributed by atoms with Crippen molar-refractivity contribution in [1.29, 1.82) is 0 Å². The van der Waals surface area contributed by atoms with Gasteiger partial charge >= 0.3 is 5.97 Å². The topological polar surface area (TPSA) is 70.0 Å². The van der Waals surface area contributed by atoms with E-state index in [9.17, 15) is 9.59 Å². The van der Waals surface area contributed by atoms with Crippen LogP contribution in [0.25, 0.3) is 0 Å². The van der Waals surface area contributed by atoms with Crippen LogP contribution < -0.4 is 0 Å². The maximum absolute atomic E-state index is 11.1. The molecule has 2 aliphatic rings. The zero-order valence-electron chi connectivity index (χ0n) is 6.60. The van der Waals surface area contributed by atoms with Crippen molar-refractivity contribution in [2.45, 2.75) is 0 Å². The lowest BCUT2D eigenvalue weighted by atomic mass is 10.2. The number of aliphatic carboxylic acids is 1. The molecule has 2 rings (SSSR count). The molecule has 13 heavy (non-hydrogen) atoms. The number of nitrogens with zero attached hydrogens (tertiary/aromatic N) is 2. The minimum absolute atomic E-state index is 0.194. The van der Waals surface area contributed by atoms with Gasteiger partial charge < -0.3 is 10.0 Å². The lowest BCUT2D eigenvalue weighted by Crippen LogP contribution is -2.33. The molecule has 0 fully saturated rings. The monoisotopic (exact) mass is 178 g/mol. The summed E-state index contributed by atoms with van der Waals surface area (Å²) in [6.07, 6.45) is 5.04. The Hall–Kier alpha value is -1.91. The molecule has 0 aromatic carbocycles. The van der Waals surface area contributed by atoms with Gasteiger partial charge in [0.05, 0.1) is 0 Å². The molecule has 0 spiro atoms. The van der Waals surface area contributed by atoms with E-state index >= 15 is 0 Å². The summed E-state index contributed by atoms with van der Waals surface area (Å²) in [6, 6.07) is 0. The minimum atomic E-state index is -1.17. The Morgan fingerprint density at radius 1 is 1.62 bits per heavy atom. The van der Waals surface area contributed by atoms with Gasteiger partial charge in [-0.2, -0.15) is 4.99 Å². The largest absolute Gasteiger partial charge is 0.475 e. The SMILES string of the molecule is O=C(O)C1=NC(=O)C2=CC=CCN21. The highest BCUT2D eigenvalue weighted by atomic mass is 16.4. The van der Waals surface area contributed by atoms with Crippen LogP contribution in [0.4, 0.5) is 0 Å². The number of carboxylic acids is 1. The van der Waals surface area contributed by atoms with Crippen molar-refractivity contribution in [2.24, 2.45) is 4.99 Å². The number of amidine groups is 1. The molecule has 0 bridgehead atoms. The van der Waals surface area contributed by atoms with Crippen molar-refractivity contribution in [1.82, 2.24) is 4.90 Å². The van der Waals surface area contributed by atoms with Gasteiger partial charge in [0, 0.05) is 6.54 Å². The van der Waals surface area contributed by atoms with Crippen LogP contribution in [0.15, 0.2) is 28.9 Å². The Kier molecular flexibility index (Phi) is 1.51. The molecule has 5 nitrogen and oxygen atoms in total. The Labute approximate surface area is 73.7 Å². The van der Waals surface area contributed by atoms with Crippen LogP contribution in [-0.2, 0) is 9.59 Å². The molecule has 1 N–H and O–H groups in total. The molecular formula is C8H6N2O3. The van der Waals surface area contributed by atoms with Crippen LogP contribution in [0.2, 0.25) is 0 Å². The number of carboxylic acid groups (broad SMARTS) is 1. The average molecular weight is 178 g/mol. The second-order valence-electron chi connectivity index (χ2n) is 2.64. The van der Waals surface area contributed by atoms with Crippen molar-refractivity contribution >= 4 is 17.7 Å². The van der Waals surface area contributed by atoms with E-state index in [0.29, 0.717) is 12.2 Å². The fraction of sp³-hybridized carbons (Fsp3) is 0.125. The molecule has 0 aromatic heterocycles. The van der Waals surface area contributed by atoms with Gasteiger partial charge in [-0.25, -0.2) is 4.79 Å². The number of fused-ring (bicyclic) bond motifs is 1. The van der Waals surface area contributed by atoms with Crippen LogP contribution in [0.3, 0.4) is 0 Å². The van der Waals surface area contributed by atoms with Gasteiger partial charge in [0.2, 0.25) is 5.84 Å². The van der Waals surface area contributed by atoms with Crippen molar-refractivity contribution in [3.05, 3.63) is 23.9 Å². The summed E-state index contributed by atoms with van der Waals surface area (Å²) in [5.74, 6) is -1.85. The summed E-state index contributed by atoms with van der Waals surface area (Å²) < 4.78 is 0. The van der Waals surface area contributed by atoms with Crippen molar-refractivity contribution in [3.8, 4) is 0 Å². The summed E-state index contributed by atoms with van der Waals surface area (Å²) in [4.78, 5) is 26.6. The van der Waals surface area contributed by atoms with Crippen LogP contribution in [0.5, 0.6) is 0 Å². The van der Waals surface area contributed by atoms with E-state index in [2.05, 4.69) is 4.99 Å². The lowest BCUT2D eigenvalue weighted by Gasteiger charge is -2.18. The zero-order valence-corrected chi connectivity index (χ0v) is 6.60. The van der Waals surface area contributed by atoms with Crippen molar-refractivity contribution in [3.63, 3.8) is 0 Å². The molecule has 2 aliphatic heterocycles. The summed E-state index contributed by atoms with van der Waals surface area (Å²) in [5, 5.41) is 8.69. The standard InChI is InChI=1S/C8H6N2O3/c11-7-5-3-1-2-4-10(5)6(9-7)8(12)13/h1-3H,4H2,(H,12,13). The van der Waals surface area contributed by atoms with Gasteiger partial charge in [-0.15, -0.1) is 0 Å². The second-order valence-corrected chi connectivity index (χ2v) is 2.64. The molecule has 0 saturated heterocycles. The maximum atomic E-state index is 11.1. The first-order chi connectivity index (χ1) is 6.20. The average Bonchev–Trinajstić information content (AvgIpc) is 2.45. The van der Waals surface area contributed by atoms with E-state index < -0.39 is 11.9 Å². The summed E-state index contributed by atoms with van der Waals surface area (Å²) >= 11 is 0. The maximum Gasteiger partial charge on any atom is 0.372 e. The molecule has 66 valence electrons. The third kappa shape index (κ3) is 1.05. The molecule has 0 aliphatic carbocycles. The Balaban J connectivity index is 2.42. The molecule has 0 atom stereocenters. The normalized spacial score (nSPS) is 19.7. The lowest BCUT2D eigenvalue weighted by molar-refractivity contribution is -0.130. The van der Waals surface area contributed by atoms with Crippen molar-refractivity contribution in [2.75, 3.05) is 6.54 Å². The van der Waals surface area contributed by atoms with E-state index in [-0.39, 0.29) is 5.84 Å².